The summed E-state index contributed by atoms with van der Waals surface area (Å²) < 4.78 is 31.7. The number of benzene rings is 1. The molecule has 1 aliphatic heterocycles. The molecule has 0 N–H and O–H groups in total. The molecule has 2 aromatic rings. The molecule has 0 spiro atoms. The lowest BCUT2D eigenvalue weighted by Crippen LogP contribution is -2.49. The quantitative estimate of drug-likeness (QED) is 0.423. The fourth-order valence-electron chi connectivity index (χ4n) is 2.74. The molecule has 1 aliphatic rings. The number of furan rings is 1. The summed E-state index contributed by atoms with van der Waals surface area (Å²) in [6.45, 7) is 1.48. The normalized spacial score (nSPS) is 16.5. The van der Waals surface area contributed by atoms with Crippen molar-refractivity contribution in [1.82, 2.24) is 9.21 Å². The first-order chi connectivity index (χ1) is 12.4. The summed E-state index contributed by atoms with van der Waals surface area (Å²) >= 11 is 0. The SMILES string of the molecule is O=C(CN1CCN(S(=O)(=O)c2ccc([N+](=O)[O-])cc2)CC1)c1ccco1. The van der Waals surface area contributed by atoms with E-state index in [1.54, 1.807) is 12.1 Å². The molecule has 9 nitrogen and oxygen atoms in total. The van der Waals surface area contributed by atoms with Crippen molar-refractivity contribution < 1.29 is 22.6 Å². The molecular formula is C16H17N3O6S. The van der Waals surface area contributed by atoms with Crippen LogP contribution in [0.1, 0.15) is 10.6 Å². The zero-order chi connectivity index (χ0) is 18.7. The third-order valence-corrected chi connectivity index (χ3v) is 6.09. The molecule has 138 valence electrons. The Morgan fingerprint density at radius 1 is 1.12 bits per heavy atom. The van der Waals surface area contributed by atoms with Gasteiger partial charge in [-0.1, -0.05) is 0 Å². The van der Waals surface area contributed by atoms with Gasteiger partial charge in [-0.15, -0.1) is 0 Å². The molecule has 1 saturated heterocycles. The standard InChI is InChI=1S/C16H17N3O6S/c20-15(16-2-1-11-25-16)12-17-7-9-18(10-8-17)26(23,24)14-5-3-13(4-6-14)19(21)22/h1-6,11H,7-10,12H2. The van der Waals surface area contributed by atoms with Gasteiger partial charge in [-0.3, -0.25) is 19.8 Å². The second kappa shape index (κ2) is 7.36. The van der Waals surface area contributed by atoms with Crippen molar-refractivity contribution in [1.29, 1.82) is 0 Å². The van der Waals surface area contributed by atoms with Gasteiger partial charge in [0.2, 0.25) is 15.8 Å². The number of piperazine rings is 1. The highest BCUT2D eigenvalue weighted by Crippen LogP contribution is 2.20. The first-order valence-electron chi connectivity index (χ1n) is 7.91. The Morgan fingerprint density at radius 3 is 2.31 bits per heavy atom. The summed E-state index contributed by atoms with van der Waals surface area (Å²) in [7, 11) is -3.72. The maximum Gasteiger partial charge on any atom is 0.269 e. The van der Waals surface area contributed by atoms with Gasteiger partial charge in [0, 0.05) is 38.3 Å². The Kier molecular flexibility index (Phi) is 5.16. The smallest absolute Gasteiger partial charge is 0.269 e. The molecule has 0 unspecified atom stereocenters. The van der Waals surface area contributed by atoms with Gasteiger partial charge in [0.1, 0.15) is 0 Å². The number of Topliss-reactive ketones (excluding diaryl/α,β-unsaturated/α-hetero) is 1. The Hall–Kier alpha value is -2.56. The number of nitro benzene ring substituents is 1. The van der Waals surface area contributed by atoms with Crippen LogP contribution in [0.15, 0.2) is 52.0 Å². The number of nitro groups is 1. The van der Waals surface area contributed by atoms with Gasteiger partial charge >= 0.3 is 0 Å². The van der Waals surface area contributed by atoms with E-state index in [0.717, 1.165) is 0 Å². The van der Waals surface area contributed by atoms with Crippen LogP contribution in [-0.2, 0) is 10.0 Å². The van der Waals surface area contributed by atoms with Crippen LogP contribution in [0, 0.1) is 10.1 Å². The maximum absolute atomic E-state index is 12.6. The lowest BCUT2D eigenvalue weighted by atomic mass is 10.2. The van der Waals surface area contributed by atoms with E-state index in [0.29, 0.717) is 13.1 Å². The van der Waals surface area contributed by atoms with E-state index in [1.165, 1.54) is 34.8 Å². The Morgan fingerprint density at radius 2 is 1.77 bits per heavy atom. The number of non-ortho nitro benzene ring substituents is 1. The van der Waals surface area contributed by atoms with Crippen LogP contribution in [0.4, 0.5) is 5.69 Å². The third-order valence-electron chi connectivity index (χ3n) is 4.18. The highest BCUT2D eigenvalue weighted by molar-refractivity contribution is 7.89. The Bertz CT molecular complexity index is 885. The number of hydrogen-bond donors (Lipinski definition) is 0. The van der Waals surface area contributed by atoms with Crippen LogP contribution >= 0.6 is 0 Å². The number of nitrogens with zero attached hydrogens (tertiary/aromatic N) is 3. The van der Waals surface area contributed by atoms with Crippen LogP contribution in [0.5, 0.6) is 0 Å². The Labute approximate surface area is 150 Å². The number of carbonyl (C=O) groups excluding carboxylic acids is 1. The zero-order valence-corrected chi connectivity index (χ0v) is 14.6. The van der Waals surface area contributed by atoms with E-state index >= 15 is 0 Å². The largest absolute Gasteiger partial charge is 0.461 e. The van der Waals surface area contributed by atoms with Crippen molar-refractivity contribution in [3.05, 3.63) is 58.5 Å². The van der Waals surface area contributed by atoms with Gasteiger partial charge in [0.15, 0.2) is 5.76 Å². The molecule has 1 fully saturated rings. The molecule has 3 rings (SSSR count). The zero-order valence-electron chi connectivity index (χ0n) is 13.8. The lowest BCUT2D eigenvalue weighted by Gasteiger charge is -2.33. The van der Waals surface area contributed by atoms with E-state index < -0.39 is 14.9 Å². The molecule has 1 aromatic carbocycles. The minimum Gasteiger partial charge on any atom is -0.461 e. The molecule has 2 heterocycles. The topological polar surface area (TPSA) is 114 Å². The third kappa shape index (κ3) is 3.82. The van der Waals surface area contributed by atoms with Crippen molar-refractivity contribution in [2.24, 2.45) is 0 Å². The van der Waals surface area contributed by atoms with E-state index in [4.69, 9.17) is 4.42 Å². The summed E-state index contributed by atoms with van der Waals surface area (Å²) in [5.41, 5.74) is -0.162. The Balaban J connectivity index is 1.61. The molecule has 10 heteroatoms. The second-order valence-corrected chi connectivity index (χ2v) is 7.77. The van der Waals surface area contributed by atoms with Gasteiger partial charge < -0.3 is 4.42 Å². The number of carbonyl (C=O) groups is 1. The highest BCUT2D eigenvalue weighted by atomic mass is 32.2. The van der Waals surface area contributed by atoms with Crippen LogP contribution in [0.3, 0.4) is 0 Å². The van der Waals surface area contributed by atoms with E-state index in [-0.39, 0.29) is 41.8 Å². The number of hydrogen-bond acceptors (Lipinski definition) is 7. The van der Waals surface area contributed by atoms with Crippen molar-refractivity contribution in [3.8, 4) is 0 Å². The summed E-state index contributed by atoms with van der Waals surface area (Å²) in [4.78, 5) is 24.0. The minimum atomic E-state index is -3.72. The second-order valence-electron chi connectivity index (χ2n) is 5.83. The molecule has 1 aromatic heterocycles. The molecule has 0 amide bonds. The summed E-state index contributed by atoms with van der Waals surface area (Å²) in [6, 6.07) is 8.05. The van der Waals surface area contributed by atoms with Crippen molar-refractivity contribution in [2.75, 3.05) is 32.7 Å². The highest BCUT2D eigenvalue weighted by Gasteiger charge is 2.29. The lowest BCUT2D eigenvalue weighted by molar-refractivity contribution is -0.384. The van der Waals surface area contributed by atoms with E-state index in [2.05, 4.69) is 0 Å². The molecule has 26 heavy (non-hydrogen) atoms. The summed E-state index contributed by atoms with van der Waals surface area (Å²) in [5, 5.41) is 10.7. The van der Waals surface area contributed by atoms with Gasteiger partial charge in [-0.2, -0.15) is 4.31 Å². The van der Waals surface area contributed by atoms with E-state index in [1.807, 2.05) is 4.90 Å². The molecule has 0 radical (unpaired) electrons. The predicted octanol–water partition coefficient (Wildman–Crippen LogP) is 1.38. The molecular weight excluding hydrogens is 362 g/mol. The predicted molar refractivity (Wildman–Crippen MR) is 91.3 cm³/mol. The number of sulfonamides is 1. The molecule has 0 atom stereocenters. The van der Waals surface area contributed by atoms with Crippen molar-refractivity contribution in [2.45, 2.75) is 4.90 Å². The first-order valence-corrected chi connectivity index (χ1v) is 9.35. The average molecular weight is 379 g/mol. The fourth-order valence-corrected chi connectivity index (χ4v) is 4.16. The number of ketones is 1. The molecule has 0 bridgehead atoms. The maximum atomic E-state index is 12.6. The van der Waals surface area contributed by atoms with E-state index in [9.17, 15) is 23.3 Å². The minimum absolute atomic E-state index is 0.0169. The fraction of sp³-hybridized carbons (Fsp3) is 0.312. The monoisotopic (exact) mass is 379 g/mol. The van der Waals surface area contributed by atoms with Crippen LogP contribution in [0.25, 0.3) is 0 Å². The van der Waals surface area contributed by atoms with Crippen molar-refractivity contribution >= 4 is 21.5 Å². The average Bonchev–Trinajstić information content (AvgIpc) is 3.17. The molecule has 0 saturated carbocycles. The first kappa shape index (κ1) is 18.2. The van der Waals surface area contributed by atoms with Gasteiger partial charge in [0.25, 0.3) is 5.69 Å². The molecule has 0 aliphatic carbocycles. The van der Waals surface area contributed by atoms with Gasteiger partial charge in [0.05, 0.1) is 22.6 Å². The van der Waals surface area contributed by atoms with Gasteiger partial charge in [-0.25, -0.2) is 8.42 Å². The van der Waals surface area contributed by atoms with Crippen LogP contribution < -0.4 is 0 Å². The number of rotatable bonds is 6. The van der Waals surface area contributed by atoms with Crippen molar-refractivity contribution in [3.63, 3.8) is 0 Å². The van der Waals surface area contributed by atoms with Crippen LogP contribution in [0.2, 0.25) is 0 Å². The van der Waals surface area contributed by atoms with Gasteiger partial charge in [-0.05, 0) is 24.3 Å². The summed E-state index contributed by atoms with van der Waals surface area (Å²) in [6.07, 6.45) is 1.43. The van der Waals surface area contributed by atoms with Crippen LogP contribution in [-0.4, -0.2) is 61.1 Å². The summed E-state index contributed by atoms with van der Waals surface area (Å²) in [5.74, 6) is 0.132.